The predicted molar refractivity (Wildman–Crippen MR) is 83.3 cm³/mol. The maximum absolute atomic E-state index is 11.9. The van der Waals surface area contributed by atoms with Crippen molar-refractivity contribution in [2.24, 2.45) is 0 Å². The van der Waals surface area contributed by atoms with Gasteiger partial charge in [0.1, 0.15) is 12.4 Å². The number of amides is 1. The third kappa shape index (κ3) is 4.38. The molecule has 0 atom stereocenters. The van der Waals surface area contributed by atoms with Gasteiger partial charge in [0.25, 0.3) is 5.91 Å². The molecule has 0 heterocycles. The number of halogens is 1. The first-order valence-corrected chi connectivity index (χ1v) is 7.52. The fraction of sp³-hybridized carbons (Fsp3) is 0.188. The molecule has 0 aromatic heterocycles. The Hall–Kier alpha value is -1.81. The summed E-state index contributed by atoms with van der Waals surface area (Å²) in [5, 5.41) is 3.58. The van der Waals surface area contributed by atoms with E-state index in [2.05, 4.69) is 21.2 Å². The van der Waals surface area contributed by atoms with Crippen LogP contribution >= 0.6 is 15.9 Å². The van der Waals surface area contributed by atoms with Crippen LogP contribution in [-0.4, -0.2) is 19.1 Å². The Morgan fingerprint density at radius 2 is 1.90 bits per heavy atom. The lowest BCUT2D eigenvalue weighted by molar-refractivity contribution is 0.0947. The first-order valence-electron chi connectivity index (χ1n) is 6.40. The van der Waals surface area contributed by atoms with Crippen LogP contribution < -0.4 is 10.1 Å². The van der Waals surface area contributed by atoms with Crippen LogP contribution in [-0.2, 0) is 5.33 Å². The van der Waals surface area contributed by atoms with Crippen molar-refractivity contribution in [1.82, 2.24) is 5.32 Å². The third-order valence-corrected chi connectivity index (χ3v) is 3.39. The fourth-order valence-corrected chi connectivity index (χ4v) is 2.10. The molecular weight excluding hydrogens is 318 g/mol. The van der Waals surface area contributed by atoms with Gasteiger partial charge in [-0.2, -0.15) is 0 Å². The Kier molecular flexibility index (Phi) is 5.62. The molecule has 0 aliphatic heterocycles. The van der Waals surface area contributed by atoms with E-state index in [9.17, 15) is 4.79 Å². The van der Waals surface area contributed by atoms with Crippen molar-refractivity contribution in [2.75, 3.05) is 13.2 Å². The standard InChI is InChI=1S/C16H16BrNO2/c17-12-13-5-4-6-14(11-13)16(19)18-9-10-20-15-7-2-1-3-8-15/h1-8,11H,9-10,12H2,(H,18,19). The van der Waals surface area contributed by atoms with Gasteiger partial charge in [-0.05, 0) is 29.8 Å². The Morgan fingerprint density at radius 3 is 2.65 bits per heavy atom. The lowest BCUT2D eigenvalue weighted by atomic mass is 10.1. The molecule has 2 aromatic rings. The third-order valence-electron chi connectivity index (χ3n) is 2.74. The SMILES string of the molecule is O=C(NCCOc1ccccc1)c1cccc(CBr)c1. The van der Waals surface area contributed by atoms with Crippen LogP contribution in [0.25, 0.3) is 0 Å². The Balaban J connectivity index is 1.77. The quantitative estimate of drug-likeness (QED) is 0.650. The molecule has 1 amide bonds. The summed E-state index contributed by atoms with van der Waals surface area (Å²) in [7, 11) is 0. The van der Waals surface area contributed by atoms with Crippen LogP contribution in [0.2, 0.25) is 0 Å². The molecule has 0 spiro atoms. The molecule has 0 radical (unpaired) electrons. The van der Waals surface area contributed by atoms with Crippen molar-refractivity contribution >= 4 is 21.8 Å². The van der Waals surface area contributed by atoms with Crippen molar-refractivity contribution < 1.29 is 9.53 Å². The number of para-hydroxylation sites is 1. The molecule has 0 fully saturated rings. The minimum Gasteiger partial charge on any atom is -0.492 e. The summed E-state index contributed by atoms with van der Waals surface area (Å²) in [4.78, 5) is 11.9. The maximum atomic E-state index is 11.9. The predicted octanol–water partition coefficient (Wildman–Crippen LogP) is 3.39. The number of carbonyl (C=O) groups is 1. The second-order valence-corrected chi connectivity index (χ2v) is 4.81. The van der Waals surface area contributed by atoms with Gasteiger partial charge < -0.3 is 10.1 Å². The lowest BCUT2D eigenvalue weighted by Gasteiger charge is -2.08. The molecule has 0 bridgehead atoms. The van der Waals surface area contributed by atoms with Gasteiger partial charge in [-0.15, -0.1) is 0 Å². The van der Waals surface area contributed by atoms with Crippen LogP contribution in [0.1, 0.15) is 15.9 Å². The van der Waals surface area contributed by atoms with Gasteiger partial charge in [-0.3, -0.25) is 4.79 Å². The molecule has 2 rings (SSSR count). The number of nitrogens with one attached hydrogen (secondary N) is 1. The number of alkyl halides is 1. The second-order valence-electron chi connectivity index (χ2n) is 4.25. The van der Waals surface area contributed by atoms with E-state index in [0.717, 1.165) is 16.6 Å². The summed E-state index contributed by atoms with van der Waals surface area (Å²) < 4.78 is 5.51. The molecule has 0 aliphatic rings. The minimum atomic E-state index is -0.0792. The average molecular weight is 334 g/mol. The van der Waals surface area contributed by atoms with Crippen molar-refractivity contribution in [1.29, 1.82) is 0 Å². The van der Waals surface area contributed by atoms with Gasteiger partial charge in [0, 0.05) is 10.9 Å². The molecule has 0 aliphatic carbocycles. The normalized spacial score (nSPS) is 10.1. The number of hydrogen-bond donors (Lipinski definition) is 1. The molecule has 0 saturated carbocycles. The van der Waals surface area contributed by atoms with Crippen molar-refractivity contribution in [2.45, 2.75) is 5.33 Å². The number of ether oxygens (including phenoxy) is 1. The zero-order valence-electron chi connectivity index (χ0n) is 11.0. The van der Waals surface area contributed by atoms with E-state index >= 15 is 0 Å². The Bertz CT molecular complexity index is 557. The van der Waals surface area contributed by atoms with E-state index in [1.54, 1.807) is 6.07 Å². The monoisotopic (exact) mass is 333 g/mol. The zero-order valence-corrected chi connectivity index (χ0v) is 12.6. The van der Waals surface area contributed by atoms with E-state index in [-0.39, 0.29) is 5.91 Å². The summed E-state index contributed by atoms with van der Waals surface area (Å²) in [6.45, 7) is 0.931. The van der Waals surface area contributed by atoms with E-state index in [4.69, 9.17) is 4.74 Å². The van der Waals surface area contributed by atoms with E-state index in [1.165, 1.54) is 0 Å². The van der Waals surface area contributed by atoms with Gasteiger partial charge in [0.2, 0.25) is 0 Å². The molecule has 0 saturated heterocycles. The molecular formula is C16H16BrNO2. The molecule has 4 heteroatoms. The molecule has 104 valence electrons. The van der Waals surface area contributed by atoms with E-state index in [1.807, 2.05) is 48.5 Å². The van der Waals surface area contributed by atoms with Crippen molar-refractivity contribution in [3.63, 3.8) is 0 Å². The maximum Gasteiger partial charge on any atom is 0.251 e. The molecule has 3 nitrogen and oxygen atoms in total. The minimum absolute atomic E-state index is 0.0792. The van der Waals surface area contributed by atoms with Crippen LogP contribution in [0, 0.1) is 0 Å². The first kappa shape index (κ1) is 14.6. The van der Waals surface area contributed by atoms with Crippen LogP contribution in [0.4, 0.5) is 0 Å². The molecule has 0 unspecified atom stereocenters. The van der Waals surface area contributed by atoms with Gasteiger partial charge in [-0.1, -0.05) is 46.3 Å². The molecule has 1 N–H and O–H groups in total. The highest BCUT2D eigenvalue weighted by Crippen LogP contribution is 2.09. The Labute approximate surface area is 127 Å². The van der Waals surface area contributed by atoms with E-state index in [0.29, 0.717) is 18.7 Å². The van der Waals surface area contributed by atoms with Gasteiger partial charge in [-0.25, -0.2) is 0 Å². The number of benzene rings is 2. The largest absolute Gasteiger partial charge is 0.492 e. The van der Waals surface area contributed by atoms with E-state index < -0.39 is 0 Å². The van der Waals surface area contributed by atoms with Gasteiger partial charge in [0.15, 0.2) is 0 Å². The van der Waals surface area contributed by atoms with Crippen molar-refractivity contribution in [3.05, 3.63) is 65.7 Å². The summed E-state index contributed by atoms with van der Waals surface area (Å²) in [5.41, 5.74) is 1.75. The zero-order chi connectivity index (χ0) is 14.2. The molecule has 2 aromatic carbocycles. The number of hydrogen-bond acceptors (Lipinski definition) is 2. The second kappa shape index (κ2) is 7.70. The number of carbonyl (C=O) groups excluding carboxylic acids is 1. The topological polar surface area (TPSA) is 38.3 Å². The summed E-state index contributed by atoms with van der Waals surface area (Å²) in [6, 6.07) is 17.1. The molecule has 20 heavy (non-hydrogen) atoms. The highest BCUT2D eigenvalue weighted by Gasteiger charge is 2.05. The van der Waals surface area contributed by atoms with Crippen LogP contribution in [0.5, 0.6) is 5.75 Å². The van der Waals surface area contributed by atoms with Gasteiger partial charge >= 0.3 is 0 Å². The Morgan fingerprint density at radius 1 is 1.10 bits per heavy atom. The first-order chi connectivity index (χ1) is 9.79. The van der Waals surface area contributed by atoms with Gasteiger partial charge in [0.05, 0.1) is 6.54 Å². The lowest BCUT2D eigenvalue weighted by Crippen LogP contribution is -2.28. The smallest absolute Gasteiger partial charge is 0.251 e. The summed E-state index contributed by atoms with van der Waals surface area (Å²) in [6.07, 6.45) is 0. The fourth-order valence-electron chi connectivity index (χ4n) is 1.75. The highest BCUT2D eigenvalue weighted by molar-refractivity contribution is 9.08. The van der Waals surface area contributed by atoms with Crippen LogP contribution in [0.3, 0.4) is 0 Å². The van der Waals surface area contributed by atoms with Crippen LogP contribution in [0.15, 0.2) is 54.6 Å². The summed E-state index contributed by atoms with van der Waals surface area (Å²) in [5.74, 6) is 0.729. The highest BCUT2D eigenvalue weighted by atomic mass is 79.9. The summed E-state index contributed by atoms with van der Waals surface area (Å²) >= 11 is 3.38. The average Bonchev–Trinajstić information content (AvgIpc) is 2.52. The van der Waals surface area contributed by atoms with Crippen molar-refractivity contribution in [3.8, 4) is 5.75 Å². The number of rotatable bonds is 6.